The van der Waals surface area contributed by atoms with E-state index in [0.717, 1.165) is 15.4 Å². The normalized spacial score (nSPS) is 10.4. The molecule has 5 nitrogen and oxygen atoms in total. The first-order chi connectivity index (χ1) is 12.5. The van der Waals surface area contributed by atoms with E-state index < -0.39 is 0 Å². The lowest BCUT2D eigenvalue weighted by Gasteiger charge is -2.08. The Morgan fingerprint density at radius 2 is 1.88 bits per heavy atom. The van der Waals surface area contributed by atoms with Gasteiger partial charge in [-0.3, -0.25) is 14.6 Å². The number of carbonyl (C=O) groups excluding carboxylic acids is 2. The van der Waals surface area contributed by atoms with Crippen molar-refractivity contribution in [2.75, 3.05) is 5.32 Å². The highest BCUT2D eigenvalue weighted by Gasteiger charge is 2.13. The van der Waals surface area contributed by atoms with Gasteiger partial charge in [0.2, 0.25) is 0 Å². The van der Waals surface area contributed by atoms with E-state index in [0.29, 0.717) is 23.4 Å². The Labute approximate surface area is 156 Å². The molecule has 1 aromatic carbocycles. The van der Waals surface area contributed by atoms with Crippen LogP contribution < -0.4 is 10.6 Å². The topological polar surface area (TPSA) is 71.1 Å². The minimum absolute atomic E-state index is 0.169. The number of nitrogens with one attached hydrogen (secondary N) is 2. The van der Waals surface area contributed by atoms with Gasteiger partial charge >= 0.3 is 0 Å². The number of pyridine rings is 1. The molecule has 132 valence electrons. The highest BCUT2D eigenvalue weighted by molar-refractivity contribution is 7.12. The summed E-state index contributed by atoms with van der Waals surface area (Å²) >= 11 is 1.59. The van der Waals surface area contributed by atoms with Gasteiger partial charge in [-0.15, -0.1) is 11.3 Å². The molecule has 0 saturated heterocycles. The number of benzene rings is 1. The zero-order valence-electron chi connectivity index (χ0n) is 14.6. The van der Waals surface area contributed by atoms with Crippen LogP contribution in [0.25, 0.3) is 0 Å². The van der Waals surface area contributed by atoms with Gasteiger partial charge in [-0.05, 0) is 50.2 Å². The van der Waals surface area contributed by atoms with E-state index in [1.807, 2.05) is 38.1 Å². The molecular formula is C20H19N3O2S. The summed E-state index contributed by atoms with van der Waals surface area (Å²) in [7, 11) is 0. The van der Waals surface area contributed by atoms with E-state index in [4.69, 9.17) is 0 Å². The van der Waals surface area contributed by atoms with Gasteiger partial charge in [0, 0.05) is 27.2 Å². The number of amides is 2. The van der Waals surface area contributed by atoms with E-state index in [9.17, 15) is 9.59 Å². The Balaban J connectivity index is 1.66. The molecule has 0 atom stereocenters. The molecule has 6 heteroatoms. The number of aromatic nitrogens is 1. The molecule has 2 aromatic heterocycles. The lowest BCUT2D eigenvalue weighted by molar-refractivity contribution is 0.0949. The summed E-state index contributed by atoms with van der Waals surface area (Å²) in [6.07, 6.45) is 1.69. The molecule has 0 fully saturated rings. The fourth-order valence-electron chi connectivity index (χ4n) is 2.57. The van der Waals surface area contributed by atoms with Crippen LogP contribution in [-0.2, 0) is 6.54 Å². The Hall–Kier alpha value is -2.99. The second kappa shape index (κ2) is 7.93. The summed E-state index contributed by atoms with van der Waals surface area (Å²) in [5.74, 6) is -0.382. The second-order valence-corrected chi connectivity index (χ2v) is 7.33. The number of hydrogen-bond acceptors (Lipinski definition) is 4. The Morgan fingerprint density at radius 3 is 2.58 bits per heavy atom. The second-order valence-electron chi connectivity index (χ2n) is 5.87. The van der Waals surface area contributed by atoms with Gasteiger partial charge in [-0.2, -0.15) is 0 Å². The van der Waals surface area contributed by atoms with Crippen molar-refractivity contribution < 1.29 is 9.59 Å². The SMILES string of the molecule is Cc1cc(C(=O)Nc2cccc(C(=O)NCc3ccccn3)c2)c(C)s1. The van der Waals surface area contributed by atoms with Gasteiger partial charge in [0.25, 0.3) is 11.8 Å². The fourth-order valence-corrected chi connectivity index (χ4v) is 3.49. The molecular weight excluding hydrogens is 346 g/mol. The van der Waals surface area contributed by atoms with Gasteiger partial charge < -0.3 is 10.6 Å². The summed E-state index contributed by atoms with van der Waals surface area (Å²) in [5.41, 5.74) is 2.52. The van der Waals surface area contributed by atoms with Gasteiger partial charge in [-0.1, -0.05) is 12.1 Å². The Bertz CT molecular complexity index is 935. The molecule has 0 radical (unpaired) electrons. The van der Waals surface area contributed by atoms with Crippen molar-refractivity contribution in [3.05, 3.63) is 81.3 Å². The van der Waals surface area contributed by atoms with Gasteiger partial charge in [-0.25, -0.2) is 0 Å². The Kier molecular flexibility index (Phi) is 5.43. The first-order valence-electron chi connectivity index (χ1n) is 8.19. The van der Waals surface area contributed by atoms with Crippen LogP contribution in [0.2, 0.25) is 0 Å². The van der Waals surface area contributed by atoms with Crippen molar-refractivity contribution in [3.63, 3.8) is 0 Å². The molecule has 0 bridgehead atoms. The largest absolute Gasteiger partial charge is 0.346 e. The molecule has 0 aliphatic rings. The smallest absolute Gasteiger partial charge is 0.256 e. The highest BCUT2D eigenvalue weighted by Crippen LogP contribution is 2.22. The standard InChI is InChI=1S/C20H19N3O2S/c1-13-10-18(14(2)26-13)20(25)23-16-8-5-6-15(11-16)19(24)22-12-17-7-3-4-9-21-17/h3-11H,12H2,1-2H3,(H,22,24)(H,23,25). The summed E-state index contributed by atoms with van der Waals surface area (Å²) in [6.45, 7) is 4.25. The third kappa shape index (κ3) is 4.34. The molecule has 2 N–H and O–H groups in total. The van der Waals surface area contributed by atoms with Crippen LogP contribution in [0.5, 0.6) is 0 Å². The molecule has 2 amide bonds. The van der Waals surface area contributed by atoms with Crippen molar-refractivity contribution in [2.45, 2.75) is 20.4 Å². The van der Waals surface area contributed by atoms with E-state index in [1.54, 1.807) is 41.8 Å². The van der Waals surface area contributed by atoms with Crippen LogP contribution >= 0.6 is 11.3 Å². The molecule has 26 heavy (non-hydrogen) atoms. The third-order valence-corrected chi connectivity index (χ3v) is 4.79. The first-order valence-corrected chi connectivity index (χ1v) is 9.01. The number of anilines is 1. The predicted octanol–water partition coefficient (Wildman–Crippen LogP) is 3.94. The summed E-state index contributed by atoms with van der Waals surface area (Å²) in [6, 6.07) is 14.3. The quantitative estimate of drug-likeness (QED) is 0.719. The first kappa shape index (κ1) is 17.8. The number of aryl methyl sites for hydroxylation is 2. The van der Waals surface area contributed by atoms with E-state index >= 15 is 0 Å². The van der Waals surface area contributed by atoms with Crippen LogP contribution in [0.1, 0.15) is 36.2 Å². The molecule has 3 rings (SSSR count). The maximum atomic E-state index is 12.4. The van der Waals surface area contributed by atoms with E-state index in [1.165, 1.54) is 0 Å². The summed E-state index contributed by atoms with van der Waals surface area (Å²) < 4.78 is 0. The monoisotopic (exact) mass is 365 g/mol. The lowest BCUT2D eigenvalue weighted by atomic mass is 10.1. The van der Waals surface area contributed by atoms with Gasteiger partial charge in [0.1, 0.15) is 0 Å². The van der Waals surface area contributed by atoms with Gasteiger partial charge in [0.05, 0.1) is 17.8 Å². The minimum Gasteiger partial charge on any atom is -0.346 e. The molecule has 0 unspecified atom stereocenters. The molecule has 0 saturated carbocycles. The lowest BCUT2D eigenvalue weighted by Crippen LogP contribution is -2.23. The third-order valence-electron chi connectivity index (χ3n) is 3.82. The highest BCUT2D eigenvalue weighted by atomic mass is 32.1. The molecule has 0 spiro atoms. The van der Waals surface area contributed by atoms with E-state index in [2.05, 4.69) is 15.6 Å². The van der Waals surface area contributed by atoms with E-state index in [-0.39, 0.29) is 11.8 Å². The summed E-state index contributed by atoms with van der Waals surface area (Å²) in [4.78, 5) is 31.0. The van der Waals surface area contributed by atoms with Crippen molar-refractivity contribution in [1.82, 2.24) is 10.3 Å². The fraction of sp³-hybridized carbons (Fsp3) is 0.150. The van der Waals surface area contributed by atoms with Gasteiger partial charge in [0.15, 0.2) is 0 Å². The zero-order valence-corrected chi connectivity index (χ0v) is 15.4. The van der Waals surface area contributed by atoms with Crippen LogP contribution in [0.15, 0.2) is 54.7 Å². The number of thiophene rings is 1. The maximum Gasteiger partial charge on any atom is 0.256 e. The van der Waals surface area contributed by atoms with Crippen molar-refractivity contribution in [3.8, 4) is 0 Å². The minimum atomic E-state index is -0.214. The maximum absolute atomic E-state index is 12.4. The Morgan fingerprint density at radius 1 is 1.04 bits per heavy atom. The average Bonchev–Trinajstić information content (AvgIpc) is 2.99. The zero-order chi connectivity index (χ0) is 18.5. The van der Waals surface area contributed by atoms with Crippen LogP contribution in [0.3, 0.4) is 0 Å². The average molecular weight is 365 g/mol. The molecule has 2 heterocycles. The van der Waals surface area contributed by atoms with Crippen molar-refractivity contribution in [2.24, 2.45) is 0 Å². The van der Waals surface area contributed by atoms with Crippen molar-refractivity contribution in [1.29, 1.82) is 0 Å². The number of carbonyl (C=O) groups is 2. The van der Waals surface area contributed by atoms with Crippen LogP contribution in [-0.4, -0.2) is 16.8 Å². The van der Waals surface area contributed by atoms with Crippen LogP contribution in [0, 0.1) is 13.8 Å². The number of nitrogens with zero attached hydrogens (tertiary/aromatic N) is 1. The summed E-state index contributed by atoms with van der Waals surface area (Å²) in [5, 5.41) is 5.68. The van der Waals surface area contributed by atoms with Crippen molar-refractivity contribution >= 4 is 28.8 Å². The number of rotatable bonds is 5. The molecule has 0 aliphatic carbocycles. The molecule has 0 aliphatic heterocycles. The predicted molar refractivity (Wildman–Crippen MR) is 104 cm³/mol. The number of hydrogen-bond donors (Lipinski definition) is 2. The molecule has 3 aromatic rings. The van der Waals surface area contributed by atoms with Crippen LogP contribution in [0.4, 0.5) is 5.69 Å².